The van der Waals surface area contributed by atoms with E-state index in [9.17, 15) is 9.90 Å². The van der Waals surface area contributed by atoms with Gasteiger partial charge in [-0.1, -0.05) is 48.6 Å². The van der Waals surface area contributed by atoms with Crippen molar-refractivity contribution in [1.29, 1.82) is 0 Å². The zero-order chi connectivity index (χ0) is 19.1. The van der Waals surface area contributed by atoms with Crippen LogP contribution in [0.1, 0.15) is 12.8 Å². The number of fused-ring (bicyclic) bond motifs is 1. The molecule has 0 aliphatic heterocycles. The van der Waals surface area contributed by atoms with E-state index in [0.717, 1.165) is 23.5 Å². The molecule has 0 unspecified atom stereocenters. The van der Waals surface area contributed by atoms with Crippen LogP contribution >= 0.6 is 0 Å². The van der Waals surface area contributed by atoms with E-state index in [2.05, 4.69) is 11.5 Å². The number of amides is 1. The first-order valence-electron chi connectivity index (χ1n) is 8.71. The standard InChI is InChI=1S/C22H20N2O3/c1-2-23-19-14-9-10-15-20(19)27-21(23)16-8-3-4-11-17-24(22(25)26)18-12-6-5-7-13-18/h3-17H,2H2,1H3/p+1. The number of para-hydroxylation sites is 3. The summed E-state index contributed by atoms with van der Waals surface area (Å²) in [6.45, 7) is 2.88. The van der Waals surface area contributed by atoms with Gasteiger partial charge in [-0.2, -0.15) is 4.57 Å². The number of allylic oxidation sites excluding steroid dienone is 4. The van der Waals surface area contributed by atoms with Gasteiger partial charge in [0.2, 0.25) is 5.58 Å². The molecule has 0 aliphatic carbocycles. The summed E-state index contributed by atoms with van der Waals surface area (Å²) in [5.41, 5.74) is 2.50. The molecule has 0 radical (unpaired) electrons. The fraction of sp³-hybridized carbons (Fsp3) is 0.0909. The molecule has 0 spiro atoms. The van der Waals surface area contributed by atoms with Crippen LogP contribution < -0.4 is 9.47 Å². The van der Waals surface area contributed by atoms with Gasteiger partial charge in [-0.05, 0) is 31.2 Å². The summed E-state index contributed by atoms with van der Waals surface area (Å²) in [5.74, 6) is 0.767. The van der Waals surface area contributed by atoms with Crippen LogP contribution in [0.4, 0.5) is 10.5 Å². The number of carbonyl (C=O) groups is 1. The maximum Gasteiger partial charge on any atom is 0.415 e. The van der Waals surface area contributed by atoms with Gasteiger partial charge in [0.15, 0.2) is 0 Å². The van der Waals surface area contributed by atoms with Gasteiger partial charge in [0.05, 0.1) is 11.8 Å². The van der Waals surface area contributed by atoms with Gasteiger partial charge in [-0.3, -0.25) is 4.90 Å². The van der Waals surface area contributed by atoms with Crippen LogP contribution in [-0.2, 0) is 6.54 Å². The van der Waals surface area contributed by atoms with E-state index in [1.807, 2.05) is 48.6 Å². The van der Waals surface area contributed by atoms with Crippen LogP contribution in [0.25, 0.3) is 17.2 Å². The SMILES string of the molecule is CC[n+]1c(/C=C/C=C/C=C/N(C(=O)O)c2ccccc2)oc2ccccc21. The Balaban J connectivity index is 1.70. The monoisotopic (exact) mass is 361 g/mol. The van der Waals surface area contributed by atoms with Gasteiger partial charge in [-0.15, -0.1) is 0 Å². The Bertz CT molecular complexity index is 1000. The molecule has 2 aromatic carbocycles. The molecule has 0 saturated heterocycles. The number of benzene rings is 2. The molecule has 1 N–H and O–H groups in total. The number of aromatic nitrogens is 1. The fourth-order valence-electron chi connectivity index (χ4n) is 2.75. The molecule has 27 heavy (non-hydrogen) atoms. The Morgan fingerprint density at radius 1 is 1.04 bits per heavy atom. The topological polar surface area (TPSA) is 57.6 Å². The zero-order valence-electron chi connectivity index (χ0n) is 15.0. The molecule has 0 fully saturated rings. The van der Waals surface area contributed by atoms with Crippen LogP contribution in [0.3, 0.4) is 0 Å². The smallest absolute Gasteiger partial charge is 0.415 e. The highest BCUT2D eigenvalue weighted by Crippen LogP contribution is 2.15. The number of carboxylic acid groups (broad SMARTS) is 1. The number of hydrogen-bond donors (Lipinski definition) is 1. The largest absolute Gasteiger partial charge is 0.464 e. The third-order valence-electron chi connectivity index (χ3n) is 4.00. The minimum Gasteiger partial charge on any atom is -0.464 e. The zero-order valence-corrected chi connectivity index (χ0v) is 15.0. The Labute approximate surface area is 157 Å². The van der Waals surface area contributed by atoms with E-state index in [1.54, 1.807) is 36.4 Å². The van der Waals surface area contributed by atoms with Crippen molar-refractivity contribution in [3.05, 3.63) is 91.0 Å². The quantitative estimate of drug-likeness (QED) is 0.496. The Morgan fingerprint density at radius 3 is 2.48 bits per heavy atom. The van der Waals surface area contributed by atoms with Crippen molar-refractivity contribution in [3.8, 4) is 0 Å². The van der Waals surface area contributed by atoms with Crippen LogP contribution in [0, 0.1) is 0 Å². The number of aryl methyl sites for hydroxylation is 1. The number of oxazole rings is 1. The maximum absolute atomic E-state index is 11.4. The molecule has 3 rings (SSSR count). The molecule has 3 aromatic rings. The van der Waals surface area contributed by atoms with Crippen LogP contribution in [0.15, 0.2) is 89.5 Å². The van der Waals surface area contributed by atoms with E-state index < -0.39 is 6.09 Å². The minimum absolute atomic E-state index is 0.594. The van der Waals surface area contributed by atoms with Crippen LogP contribution in [-0.4, -0.2) is 11.2 Å². The highest BCUT2D eigenvalue weighted by molar-refractivity contribution is 5.88. The summed E-state index contributed by atoms with van der Waals surface area (Å²) in [4.78, 5) is 12.5. The van der Waals surface area contributed by atoms with Gasteiger partial charge in [-0.25, -0.2) is 4.79 Å². The normalized spacial score (nSPS) is 11.9. The van der Waals surface area contributed by atoms with E-state index >= 15 is 0 Å². The molecule has 0 aliphatic rings. The molecule has 0 atom stereocenters. The number of rotatable bonds is 6. The first-order valence-corrected chi connectivity index (χ1v) is 8.71. The van der Waals surface area contributed by atoms with E-state index in [1.165, 1.54) is 11.1 Å². The van der Waals surface area contributed by atoms with Crippen molar-refractivity contribution in [3.63, 3.8) is 0 Å². The van der Waals surface area contributed by atoms with E-state index in [4.69, 9.17) is 4.42 Å². The molecule has 0 saturated carbocycles. The average Bonchev–Trinajstić information content (AvgIpc) is 3.05. The molecule has 0 bridgehead atoms. The predicted octanol–water partition coefficient (Wildman–Crippen LogP) is 5.01. The Kier molecular flexibility index (Phi) is 5.84. The lowest BCUT2D eigenvalue weighted by Crippen LogP contribution is -2.33. The lowest BCUT2D eigenvalue weighted by molar-refractivity contribution is -0.674. The van der Waals surface area contributed by atoms with Gasteiger partial charge in [0, 0.05) is 12.3 Å². The second-order valence-electron chi connectivity index (χ2n) is 5.73. The van der Waals surface area contributed by atoms with Crippen molar-refractivity contribution in [2.45, 2.75) is 13.5 Å². The molecular formula is C22H21N2O3+. The third kappa shape index (κ3) is 4.33. The van der Waals surface area contributed by atoms with E-state index in [0.29, 0.717) is 5.69 Å². The van der Waals surface area contributed by atoms with Crippen LogP contribution in [0.2, 0.25) is 0 Å². The van der Waals surface area contributed by atoms with Crippen LogP contribution in [0.5, 0.6) is 0 Å². The van der Waals surface area contributed by atoms with Crippen molar-refractivity contribution in [2.75, 3.05) is 4.90 Å². The second kappa shape index (κ2) is 8.67. The molecule has 136 valence electrons. The van der Waals surface area contributed by atoms with Crippen molar-refractivity contribution >= 4 is 29.0 Å². The molecule has 5 heteroatoms. The predicted molar refractivity (Wildman–Crippen MR) is 106 cm³/mol. The van der Waals surface area contributed by atoms with Crippen molar-refractivity contribution < 1.29 is 18.9 Å². The van der Waals surface area contributed by atoms with E-state index in [-0.39, 0.29) is 0 Å². The first kappa shape index (κ1) is 18.2. The summed E-state index contributed by atoms with van der Waals surface area (Å²) in [6, 6.07) is 16.8. The third-order valence-corrected chi connectivity index (χ3v) is 4.00. The second-order valence-corrected chi connectivity index (χ2v) is 5.73. The first-order chi connectivity index (χ1) is 13.2. The maximum atomic E-state index is 11.4. The fourth-order valence-corrected chi connectivity index (χ4v) is 2.75. The Hall–Kier alpha value is -3.60. The summed E-state index contributed by atoms with van der Waals surface area (Å²) in [5, 5.41) is 9.33. The number of anilines is 1. The molecule has 1 amide bonds. The highest BCUT2D eigenvalue weighted by Gasteiger charge is 2.17. The lowest BCUT2D eigenvalue weighted by atomic mass is 10.3. The van der Waals surface area contributed by atoms with Gasteiger partial charge in [0.25, 0.3) is 5.52 Å². The molecule has 1 heterocycles. The van der Waals surface area contributed by atoms with Crippen molar-refractivity contribution in [1.82, 2.24) is 0 Å². The summed E-state index contributed by atoms with van der Waals surface area (Å²) < 4.78 is 7.96. The molecule has 1 aromatic heterocycles. The molecule has 5 nitrogen and oxygen atoms in total. The van der Waals surface area contributed by atoms with Gasteiger partial charge in [0.1, 0.15) is 6.54 Å². The Morgan fingerprint density at radius 2 is 1.74 bits per heavy atom. The van der Waals surface area contributed by atoms with Gasteiger partial charge >= 0.3 is 12.0 Å². The number of nitrogens with zero attached hydrogens (tertiary/aromatic N) is 2. The minimum atomic E-state index is -1.03. The lowest BCUT2D eigenvalue weighted by Gasteiger charge is -2.13. The average molecular weight is 361 g/mol. The van der Waals surface area contributed by atoms with Gasteiger partial charge < -0.3 is 9.52 Å². The van der Waals surface area contributed by atoms with Crippen molar-refractivity contribution in [2.24, 2.45) is 0 Å². The summed E-state index contributed by atoms with van der Waals surface area (Å²) >= 11 is 0. The summed E-state index contributed by atoms with van der Waals surface area (Å²) in [7, 11) is 0. The highest BCUT2D eigenvalue weighted by atomic mass is 16.4. The molecular weight excluding hydrogens is 340 g/mol. The summed E-state index contributed by atoms with van der Waals surface area (Å²) in [6.07, 6.45) is 9.51. The number of hydrogen-bond acceptors (Lipinski definition) is 2.